The predicted molar refractivity (Wildman–Crippen MR) is 127 cm³/mol. The van der Waals surface area contributed by atoms with Crippen molar-refractivity contribution in [2.24, 2.45) is 5.41 Å². The first-order valence-corrected chi connectivity index (χ1v) is 11.6. The lowest BCUT2D eigenvalue weighted by Gasteiger charge is -2.40. The molecule has 1 aliphatic rings. The monoisotopic (exact) mass is 610 g/mol. The molecule has 164 valence electrons. The lowest BCUT2D eigenvalue weighted by atomic mass is 9.88. The van der Waals surface area contributed by atoms with Crippen molar-refractivity contribution in [1.82, 2.24) is 0 Å². The lowest BCUT2D eigenvalue weighted by molar-refractivity contribution is -0.148. The van der Waals surface area contributed by atoms with Gasteiger partial charge in [0, 0.05) is 0 Å². The molecule has 3 rings (SSSR count). The molecule has 2 aromatic carbocycles. The molecule has 0 radical (unpaired) electrons. The number of hydrogen-bond donors (Lipinski definition) is 0. The van der Waals surface area contributed by atoms with Gasteiger partial charge < -0.3 is 14.2 Å². The van der Waals surface area contributed by atoms with Gasteiger partial charge in [0.2, 0.25) is 0 Å². The van der Waals surface area contributed by atoms with E-state index in [-0.39, 0.29) is 74.9 Å². The topological polar surface area (TPSA) is 27.7 Å². The molecule has 0 unspecified atom stereocenters. The summed E-state index contributed by atoms with van der Waals surface area (Å²) in [6.45, 7) is 0.846. The van der Waals surface area contributed by atoms with Gasteiger partial charge in [0.15, 0.2) is 11.5 Å². The molecule has 0 amide bonds. The second-order valence-corrected chi connectivity index (χ2v) is 10.1. The SMILES string of the molecule is Clc1c(Cl)c(Cl)c(OCC2(COc3c(Cl)c(Cl)c(Cl)c(Cl)c3Cl)COC2)c(Cl)c1Cl. The van der Waals surface area contributed by atoms with Crippen molar-refractivity contribution in [3.05, 3.63) is 50.2 Å². The van der Waals surface area contributed by atoms with Gasteiger partial charge in [-0.1, -0.05) is 116 Å². The molecule has 13 heteroatoms. The molecule has 0 spiro atoms. The minimum atomic E-state index is -0.573. The van der Waals surface area contributed by atoms with E-state index >= 15 is 0 Å². The third-order valence-electron chi connectivity index (χ3n) is 4.20. The zero-order valence-electron chi connectivity index (χ0n) is 14.3. The average Bonchev–Trinajstić information content (AvgIpc) is 2.70. The highest BCUT2D eigenvalue weighted by Gasteiger charge is 2.42. The van der Waals surface area contributed by atoms with E-state index in [0.717, 1.165) is 0 Å². The van der Waals surface area contributed by atoms with Crippen LogP contribution in [-0.4, -0.2) is 26.4 Å². The predicted octanol–water partition coefficient (Wildman–Crippen LogP) is 9.69. The van der Waals surface area contributed by atoms with Gasteiger partial charge in [-0.2, -0.15) is 0 Å². The molecule has 0 saturated carbocycles. The highest BCUT2D eigenvalue weighted by Crippen LogP contribution is 2.50. The molecule has 1 aliphatic heterocycles. The lowest BCUT2D eigenvalue weighted by Crippen LogP contribution is -2.51. The summed E-state index contributed by atoms with van der Waals surface area (Å²) in [4.78, 5) is 0. The van der Waals surface area contributed by atoms with Crippen molar-refractivity contribution in [2.75, 3.05) is 26.4 Å². The molecule has 3 nitrogen and oxygen atoms in total. The summed E-state index contributed by atoms with van der Waals surface area (Å²) in [5.74, 6) is 0.190. The van der Waals surface area contributed by atoms with Crippen LogP contribution in [0.3, 0.4) is 0 Å². The molecule has 1 heterocycles. The first-order chi connectivity index (χ1) is 14.0. The molecule has 0 aliphatic carbocycles. The van der Waals surface area contributed by atoms with Gasteiger partial charge in [-0.3, -0.25) is 0 Å². The van der Waals surface area contributed by atoms with E-state index in [1.54, 1.807) is 0 Å². The van der Waals surface area contributed by atoms with Crippen LogP contribution in [0.2, 0.25) is 50.2 Å². The van der Waals surface area contributed by atoms with Crippen molar-refractivity contribution < 1.29 is 14.2 Å². The molecular formula is C17H8Cl10O3. The Balaban J connectivity index is 1.80. The Morgan fingerprint density at radius 2 is 0.767 bits per heavy atom. The van der Waals surface area contributed by atoms with Gasteiger partial charge in [0.05, 0.1) is 48.8 Å². The Kier molecular flexibility index (Phi) is 8.53. The van der Waals surface area contributed by atoms with E-state index in [2.05, 4.69) is 0 Å². The van der Waals surface area contributed by atoms with Crippen molar-refractivity contribution >= 4 is 116 Å². The van der Waals surface area contributed by atoms with Crippen molar-refractivity contribution in [1.29, 1.82) is 0 Å². The fourth-order valence-corrected chi connectivity index (χ4v) is 4.93. The van der Waals surface area contributed by atoms with Crippen LogP contribution in [0, 0.1) is 5.41 Å². The van der Waals surface area contributed by atoms with E-state index < -0.39 is 5.41 Å². The van der Waals surface area contributed by atoms with Crippen LogP contribution >= 0.6 is 116 Å². The summed E-state index contributed by atoms with van der Waals surface area (Å²) in [5.41, 5.74) is -0.573. The van der Waals surface area contributed by atoms with Gasteiger partial charge in [-0.05, 0) is 0 Å². The maximum Gasteiger partial charge on any atom is 0.159 e. The highest BCUT2D eigenvalue weighted by molar-refractivity contribution is 6.56. The maximum atomic E-state index is 6.21. The van der Waals surface area contributed by atoms with E-state index in [4.69, 9.17) is 130 Å². The van der Waals surface area contributed by atoms with E-state index in [0.29, 0.717) is 13.2 Å². The van der Waals surface area contributed by atoms with Gasteiger partial charge in [-0.15, -0.1) is 0 Å². The molecule has 30 heavy (non-hydrogen) atoms. The molecular weight excluding hydrogens is 607 g/mol. The molecule has 0 bridgehead atoms. The molecule has 0 atom stereocenters. The van der Waals surface area contributed by atoms with Crippen molar-refractivity contribution in [3.8, 4) is 11.5 Å². The number of rotatable bonds is 6. The van der Waals surface area contributed by atoms with Crippen LogP contribution in [0.25, 0.3) is 0 Å². The van der Waals surface area contributed by atoms with Gasteiger partial charge >= 0.3 is 0 Å². The van der Waals surface area contributed by atoms with Crippen LogP contribution in [0.15, 0.2) is 0 Å². The quantitative estimate of drug-likeness (QED) is 0.240. The minimum absolute atomic E-state index is 0.0295. The number of halogens is 10. The second kappa shape index (κ2) is 10.0. The van der Waals surface area contributed by atoms with E-state index in [1.165, 1.54) is 0 Å². The van der Waals surface area contributed by atoms with Gasteiger partial charge in [0.1, 0.15) is 33.3 Å². The summed E-state index contributed by atoms with van der Waals surface area (Å²) in [5, 5.41) is 0.333. The van der Waals surface area contributed by atoms with Crippen LogP contribution in [0.4, 0.5) is 0 Å². The average molecular weight is 615 g/mol. The summed E-state index contributed by atoms with van der Waals surface area (Å²) >= 11 is 61.1. The van der Waals surface area contributed by atoms with Crippen LogP contribution in [0.1, 0.15) is 0 Å². The normalized spacial score (nSPS) is 15.1. The summed E-state index contributed by atoms with van der Waals surface area (Å²) in [6, 6.07) is 0. The Bertz CT molecular complexity index is 873. The first-order valence-electron chi connectivity index (χ1n) is 7.87. The molecule has 2 aromatic rings. The third-order valence-corrected chi connectivity index (χ3v) is 8.69. The van der Waals surface area contributed by atoms with Crippen molar-refractivity contribution in [3.63, 3.8) is 0 Å². The summed E-state index contributed by atoms with van der Waals surface area (Å²) < 4.78 is 17.0. The number of ether oxygens (including phenoxy) is 3. The van der Waals surface area contributed by atoms with E-state index in [1.807, 2.05) is 0 Å². The zero-order valence-corrected chi connectivity index (χ0v) is 21.9. The molecule has 1 fully saturated rings. The van der Waals surface area contributed by atoms with Gasteiger partial charge in [0.25, 0.3) is 0 Å². The zero-order chi connectivity index (χ0) is 22.4. The van der Waals surface area contributed by atoms with E-state index in [9.17, 15) is 0 Å². The van der Waals surface area contributed by atoms with Crippen LogP contribution in [0.5, 0.6) is 11.5 Å². The minimum Gasteiger partial charge on any atom is -0.489 e. The van der Waals surface area contributed by atoms with Crippen LogP contribution < -0.4 is 9.47 Å². The number of hydrogen-bond acceptors (Lipinski definition) is 3. The fourth-order valence-electron chi connectivity index (χ4n) is 2.47. The fraction of sp³-hybridized carbons (Fsp3) is 0.294. The Morgan fingerprint density at radius 1 is 0.500 bits per heavy atom. The standard InChI is InChI=1S/C17H8Cl10O3/c18-5-7(20)11(24)15(12(25)8(5)21)29-3-17(1-28-2-17)4-30-16-13(26)9(22)6(19)10(23)14(16)27/h1-4H2. The Labute approximate surface area is 222 Å². The highest BCUT2D eigenvalue weighted by atomic mass is 35.5. The molecule has 0 aromatic heterocycles. The van der Waals surface area contributed by atoms with Crippen LogP contribution in [-0.2, 0) is 4.74 Å². The Morgan fingerprint density at radius 3 is 1.00 bits per heavy atom. The largest absolute Gasteiger partial charge is 0.489 e. The summed E-state index contributed by atoms with van der Waals surface area (Å²) in [7, 11) is 0. The molecule has 1 saturated heterocycles. The molecule has 0 N–H and O–H groups in total. The van der Waals surface area contributed by atoms with Crippen molar-refractivity contribution in [2.45, 2.75) is 0 Å². The maximum absolute atomic E-state index is 6.21. The second-order valence-electron chi connectivity index (χ2n) is 6.37. The number of benzene rings is 2. The summed E-state index contributed by atoms with van der Waals surface area (Å²) in [6.07, 6.45) is 0. The van der Waals surface area contributed by atoms with Gasteiger partial charge in [-0.25, -0.2) is 0 Å². The Hall–Kier alpha value is 0.900. The smallest absolute Gasteiger partial charge is 0.159 e. The first kappa shape index (κ1) is 25.5. The third kappa shape index (κ3) is 4.74.